The molecule has 5 nitrogen and oxygen atoms in total. The molecule has 2 rings (SSSR count). The highest BCUT2D eigenvalue weighted by molar-refractivity contribution is 7.90. The molecule has 2 aromatic rings. The Hall–Kier alpha value is -1.37. The van der Waals surface area contributed by atoms with Crippen LogP contribution in [-0.4, -0.2) is 29.6 Å². The van der Waals surface area contributed by atoms with Crippen molar-refractivity contribution in [1.29, 1.82) is 0 Å². The van der Waals surface area contributed by atoms with Gasteiger partial charge in [-0.3, -0.25) is 0 Å². The van der Waals surface area contributed by atoms with Gasteiger partial charge in [0.15, 0.2) is 9.84 Å². The van der Waals surface area contributed by atoms with Gasteiger partial charge in [0, 0.05) is 23.0 Å². The van der Waals surface area contributed by atoms with Gasteiger partial charge in [-0.2, -0.15) is 5.10 Å². The number of aliphatic hydroxyl groups excluding tert-OH is 1. The molecule has 0 unspecified atom stereocenters. The van der Waals surface area contributed by atoms with Crippen LogP contribution in [0.4, 0.5) is 0 Å². The molecule has 1 aromatic heterocycles. The summed E-state index contributed by atoms with van der Waals surface area (Å²) < 4.78 is 24.3. The Labute approximate surface area is 116 Å². The van der Waals surface area contributed by atoms with Crippen molar-refractivity contribution in [2.75, 3.05) is 6.26 Å². The van der Waals surface area contributed by atoms with E-state index in [2.05, 4.69) is 5.10 Å². The van der Waals surface area contributed by atoms with Crippen LogP contribution >= 0.6 is 11.6 Å². The van der Waals surface area contributed by atoms with Crippen molar-refractivity contribution in [2.24, 2.45) is 0 Å². The maximum Gasteiger partial charge on any atom is 0.178 e. The van der Waals surface area contributed by atoms with Crippen molar-refractivity contribution in [1.82, 2.24) is 9.78 Å². The summed E-state index contributed by atoms with van der Waals surface area (Å²) in [5.74, 6) is 0. The molecule has 1 N–H and O–H groups in total. The third-order valence-electron chi connectivity index (χ3n) is 2.68. The minimum absolute atomic E-state index is 0.115. The lowest BCUT2D eigenvalue weighted by molar-refractivity contribution is 0.199. The molecule has 1 heterocycles. The van der Waals surface area contributed by atoms with Crippen LogP contribution in [0.1, 0.15) is 18.6 Å². The van der Waals surface area contributed by atoms with E-state index in [0.29, 0.717) is 16.3 Å². The van der Waals surface area contributed by atoms with Crippen molar-refractivity contribution in [3.8, 4) is 5.69 Å². The zero-order valence-corrected chi connectivity index (χ0v) is 12.0. The smallest absolute Gasteiger partial charge is 0.178 e. The molecule has 1 aromatic carbocycles. The summed E-state index contributed by atoms with van der Waals surface area (Å²) in [5, 5.41) is 14.2. The predicted octanol–water partition coefficient (Wildman–Crippen LogP) is 1.98. The number of halogens is 1. The summed E-state index contributed by atoms with van der Waals surface area (Å²) >= 11 is 6.05. The molecule has 0 bridgehead atoms. The average molecular weight is 301 g/mol. The molecule has 7 heteroatoms. The normalized spacial score (nSPS) is 13.5. The molecule has 0 spiro atoms. The fourth-order valence-electron chi connectivity index (χ4n) is 1.77. The molecule has 0 amide bonds. The Kier molecular flexibility index (Phi) is 3.66. The molecule has 0 saturated carbocycles. The van der Waals surface area contributed by atoms with E-state index in [0.717, 1.165) is 6.26 Å². The van der Waals surface area contributed by atoms with Gasteiger partial charge in [0.25, 0.3) is 0 Å². The number of sulfone groups is 1. The summed E-state index contributed by atoms with van der Waals surface area (Å²) in [4.78, 5) is 0.115. The molecule has 0 aliphatic heterocycles. The summed E-state index contributed by atoms with van der Waals surface area (Å²) in [7, 11) is -3.31. The van der Waals surface area contributed by atoms with Crippen LogP contribution < -0.4 is 0 Å². The maximum atomic E-state index is 11.4. The SMILES string of the molecule is C[C@H](O)c1c(Cl)cccc1-n1cc(S(C)(=O)=O)cn1. The highest BCUT2D eigenvalue weighted by Crippen LogP contribution is 2.29. The molecular weight excluding hydrogens is 288 g/mol. The fourth-order valence-corrected chi connectivity index (χ4v) is 2.63. The van der Waals surface area contributed by atoms with E-state index in [9.17, 15) is 13.5 Å². The van der Waals surface area contributed by atoms with E-state index in [1.807, 2.05) is 0 Å². The van der Waals surface area contributed by atoms with Gasteiger partial charge in [-0.1, -0.05) is 17.7 Å². The van der Waals surface area contributed by atoms with Gasteiger partial charge in [0.05, 0.1) is 18.0 Å². The monoisotopic (exact) mass is 300 g/mol. The number of hydrogen-bond acceptors (Lipinski definition) is 4. The number of rotatable bonds is 3. The number of nitrogens with zero attached hydrogens (tertiary/aromatic N) is 2. The van der Waals surface area contributed by atoms with Gasteiger partial charge in [0.2, 0.25) is 0 Å². The molecule has 0 aliphatic rings. The standard InChI is InChI=1S/C12H13ClN2O3S/c1-8(16)12-10(13)4-3-5-11(12)15-7-9(6-14-15)19(2,17)18/h3-8,16H,1-2H3/t8-/m0/s1. The average Bonchev–Trinajstić information content (AvgIpc) is 2.76. The molecular formula is C12H13ClN2O3S. The Bertz CT molecular complexity index is 708. The van der Waals surface area contributed by atoms with Gasteiger partial charge in [-0.05, 0) is 19.1 Å². The Morgan fingerprint density at radius 3 is 2.63 bits per heavy atom. The number of aromatic nitrogens is 2. The number of aliphatic hydroxyl groups is 1. The minimum atomic E-state index is -3.31. The zero-order chi connectivity index (χ0) is 14.2. The van der Waals surface area contributed by atoms with Crippen LogP contribution in [0.15, 0.2) is 35.5 Å². The lowest BCUT2D eigenvalue weighted by atomic mass is 10.1. The summed E-state index contributed by atoms with van der Waals surface area (Å²) in [5.41, 5.74) is 1.06. The second kappa shape index (κ2) is 4.96. The zero-order valence-electron chi connectivity index (χ0n) is 10.4. The lowest BCUT2D eigenvalue weighted by Crippen LogP contribution is -2.04. The van der Waals surface area contributed by atoms with Gasteiger partial charge in [0.1, 0.15) is 4.90 Å². The molecule has 0 fully saturated rings. The van der Waals surface area contributed by atoms with Crippen LogP contribution in [0.5, 0.6) is 0 Å². The molecule has 1 atom stereocenters. The molecule has 0 radical (unpaired) electrons. The lowest BCUT2D eigenvalue weighted by Gasteiger charge is -2.13. The molecule has 0 aliphatic carbocycles. The highest BCUT2D eigenvalue weighted by atomic mass is 35.5. The van der Waals surface area contributed by atoms with E-state index < -0.39 is 15.9 Å². The van der Waals surface area contributed by atoms with Crippen LogP contribution in [0.2, 0.25) is 5.02 Å². The fraction of sp³-hybridized carbons (Fsp3) is 0.250. The summed E-state index contributed by atoms with van der Waals surface area (Å²) in [6.45, 7) is 1.59. The van der Waals surface area contributed by atoms with E-state index >= 15 is 0 Å². The second-order valence-corrected chi connectivity index (χ2v) is 6.66. The maximum absolute atomic E-state index is 11.4. The number of hydrogen-bond donors (Lipinski definition) is 1. The second-order valence-electron chi connectivity index (χ2n) is 4.24. The van der Waals surface area contributed by atoms with Gasteiger partial charge in [-0.15, -0.1) is 0 Å². The van der Waals surface area contributed by atoms with E-state index in [1.165, 1.54) is 17.1 Å². The first-order valence-electron chi connectivity index (χ1n) is 5.52. The Morgan fingerprint density at radius 1 is 1.42 bits per heavy atom. The first-order valence-corrected chi connectivity index (χ1v) is 7.79. The third kappa shape index (κ3) is 2.80. The first-order chi connectivity index (χ1) is 8.80. The van der Waals surface area contributed by atoms with Gasteiger partial charge >= 0.3 is 0 Å². The van der Waals surface area contributed by atoms with Crippen LogP contribution in [0.25, 0.3) is 5.69 Å². The quantitative estimate of drug-likeness (QED) is 0.941. The predicted molar refractivity (Wildman–Crippen MR) is 72.3 cm³/mol. The third-order valence-corrected chi connectivity index (χ3v) is 4.08. The molecule has 0 saturated heterocycles. The summed E-state index contributed by atoms with van der Waals surface area (Å²) in [6.07, 6.45) is 2.99. The van der Waals surface area contributed by atoms with Crippen molar-refractivity contribution < 1.29 is 13.5 Å². The largest absolute Gasteiger partial charge is 0.389 e. The molecule has 19 heavy (non-hydrogen) atoms. The first kappa shape index (κ1) is 14.0. The van der Waals surface area contributed by atoms with Crippen molar-refractivity contribution in [3.63, 3.8) is 0 Å². The van der Waals surface area contributed by atoms with E-state index in [-0.39, 0.29) is 4.90 Å². The van der Waals surface area contributed by atoms with E-state index in [1.54, 1.807) is 25.1 Å². The van der Waals surface area contributed by atoms with Crippen molar-refractivity contribution in [2.45, 2.75) is 17.9 Å². The summed E-state index contributed by atoms with van der Waals surface area (Å²) in [6, 6.07) is 5.09. The van der Waals surface area contributed by atoms with Gasteiger partial charge < -0.3 is 5.11 Å². The van der Waals surface area contributed by atoms with E-state index in [4.69, 9.17) is 11.6 Å². The van der Waals surface area contributed by atoms with Crippen LogP contribution in [-0.2, 0) is 9.84 Å². The van der Waals surface area contributed by atoms with Crippen molar-refractivity contribution >= 4 is 21.4 Å². The minimum Gasteiger partial charge on any atom is -0.389 e. The molecule has 102 valence electrons. The van der Waals surface area contributed by atoms with Crippen molar-refractivity contribution in [3.05, 3.63) is 41.2 Å². The number of benzene rings is 1. The van der Waals surface area contributed by atoms with Crippen LogP contribution in [0.3, 0.4) is 0 Å². The topological polar surface area (TPSA) is 72.2 Å². The van der Waals surface area contributed by atoms with Gasteiger partial charge in [-0.25, -0.2) is 13.1 Å². The Balaban J connectivity index is 2.60. The Morgan fingerprint density at radius 2 is 2.11 bits per heavy atom. The highest BCUT2D eigenvalue weighted by Gasteiger charge is 2.16. The van der Waals surface area contributed by atoms with Crippen LogP contribution in [0, 0.1) is 0 Å².